The zero-order chi connectivity index (χ0) is 11.7. The van der Waals surface area contributed by atoms with E-state index in [9.17, 15) is 0 Å². The number of rotatable bonds is 2. The monoisotopic (exact) mass is 285 g/mol. The molecule has 1 heterocycles. The Kier molecular flexibility index (Phi) is 3.40. The van der Waals surface area contributed by atoms with Crippen LogP contribution in [0.2, 0.25) is 0 Å². The molecule has 1 aromatic rings. The van der Waals surface area contributed by atoms with E-state index in [1.165, 1.54) is 0 Å². The maximum absolute atomic E-state index is 9.01. The molecular formula is C12H16BrNO2. The highest BCUT2D eigenvalue weighted by molar-refractivity contribution is 9.10. The van der Waals surface area contributed by atoms with Crippen molar-refractivity contribution in [2.24, 2.45) is 0 Å². The molecule has 0 bridgehead atoms. The summed E-state index contributed by atoms with van der Waals surface area (Å²) in [5.41, 5.74) is 1.09. The van der Waals surface area contributed by atoms with Crippen molar-refractivity contribution in [2.45, 2.75) is 25.5 Å². The molecular weight excluding hydrogens is 270 g/mol. The van der Waals surface area contributed by atoms with Gasteiger partial charge in [0.2, 0.25) is 0 Å². The minimum atomic E-state index is 0.0590. The number of hydrogen-bond acceptors (Lipinski definition) is 3. The number of benzene rings is 1. The lowest BCUT2D eigenvalue weighted by atomic mass is 10.0. The van der Waals surface area contributed by atoms with E-state index >= 15 is 0 Å². The second-order valence-electron chi connectivity index (χ2n) is 4.13. The number of anilines is 1. The third kappa shape index (κ3) is 2.04. The molecule has 0 saturated heterocycles. The summed E-state index contributed by atoms with van der Waals surface area (Å²) < 4.78 is 6.94. The van der Waals surface area contributed by atoms with Crippen LogP contribution in [-0.4, -0.2) is 30.9 Å². The lowest BCUT2D eigenvalue weighted by molar-refractivity contribution is 0.124. The summed E-state index contributed by atoms with van der Waals surface area (Å²) in [6.45, 7) is 2.28. The van der Waals surface area contributed by atoms with Gasteiger partial charge in [0, 0.05) is 24.5 Å². The average Bonchev–Trinajstić information content (AvgIpc) is 2.27. The summed E-state index contributed by atoms with van der Waals surface area (Å²) in [5.74, 6) is 0.891. The lowest BCUT2D eigenvalue weighted by Crippen LogP contribution is -2.46. The second-order valence-corrected chi connectivity index (χ2v) is 5.05. The van der Waals surface area contributed by atoms with Crippen LogP contribution >= 0.6 is 15.9 Å². The zero-order valence-electron chi connectivity index (χ0n) is 9.48. The third-order valence-electron chi connectivity index (χ3n) is 3.14. The Bertz CT molecular complexity index is 383. The van der Waals surface area contributed by atoms with Crippen molar-refractivity contribution in [3.05, 3.63) is 22.7 Å². The number of nitrogens with zero attached hydrogens (tertiary/aromatic N) is 1. The molecule has 1 aliphatic heterocycles. The van der Waals surface area contributed by atoms with Gasteiger partial charge in [0.15, 0.2) is 0 Å². The van der Waals surface area contributed by atoms with Crippen molar-refractivity contribution < 1.29 is 9.84 Å². The lowest BCUT2D eigenvalue weighted by Gasteiger charge is -2.39. The second kappa shape index (κ2) is 4.63. The van der Waals surface area contributed by atoms with Crippen LogP contribution in [0.1, 0.15) is 13.3 Å². The largest absolute Gasteiger partial charge is 0.486 e. The molecule has 0 amide bonds. The number of halogens is 1. The van der Waals surface area contributed by atoms with Gasteiger partial charge >= 0.3 is 0 Å². The van der Waals surface area contributed by atoms with Gasteiger partial charge < -0.3 is 14.7 Å². The van der Waals surface area contributed by atoms with Crippen LogP contribution in [0.4, 0.5) is 5.69 Å². The predicted octanol–water partition coefficient (Wildman–Crippen LogP) is 2.42. The summed E-state index contributed by atoms with van der Waals surface area (Å²) >= 11 is 3.46. The zero-order valence-corrected chi connectivity index (χ0v) is 11.1. The maximum atomic E-state index is 9.01. The number of hydrogen-bond donors (Lipinski definition) is 1. The predicted molar refractivity (Wildman–Crippen MR) is 68.1 cm³/mol. The van der Waals surface area contributed by atoms with Gasteiger partial charge in [0.1, 0.15) is 11.9 Å². The van der Waals surface area contributed by atoms with Crippen molar-refractivity contribution in [1.82, 2.24) is 0 Å². The Morgan fingerprint density at radius 2 is 2.25 bits per heavy atom. The van der Waals surface area contributed by atoms with Crippen molar-refractivity contribution in [3.63, 3.8) is 0 Å². The number of fused-ring (bicyclic) bond motifs is 1. The highest BCUT2D eigenvalue weighted by Gasteiger charge is 2.30. The van der Waals surface area contributed by atoms with Crippen LogP contribution in [0.5, 0.6) is 5.75 Å². The molecule has 1 N–H and O–H groups in total. The van der Waals surface area contributed by atoms with Gasteiger partial charge in [0.05, 0.1) is 11.7 Å². The Morgan fingerprint density at radius 1 is 1.50 bits per heavy atom. The highest BCUT2D eigenvalue weighted by atomic mass is 79.9. The fraction of sp³-hybridized carbons (Fsp3) is 0.500. The summed E-state index contributed by atoms with van der Waals surface area (Å²) in [7, 11) is 2.06. The standard InChI is InChI=1S/C12H16BrNO2/c1-8-11(5-6-15)16-12-4-3-9(13)7-10(12)14(8)2/h3-4,7-8,11,15H,5-6H2,1-2H3. The number of aliphatic hydroxyl groups excluding tert-OH is 1. The first-order chi connectivity index (χ1) is 7.63. The molecule has 0 aliphatic carbocycles. The van der Waals surface area contributed by atoms with Gasteiger partial charge in [-0.3, -0.25) is 0 Å². The van der Waals surface area contributed by atoms with Gasteiger partial charge in [-0.2, -0.15) is 0 Å². The Morgan fingerprint density at radius 3 is 2.94 bits per heavy atom. The third-order valence-corrected chi connectivity index (χ3v) is 3.64. The van der Waals surface area contributed by atoms with Crippen LogP contribution in [-0.2, 0) is 0 Å². The molecule has 2 unspecified atom stereocenters. The Hall–Kier alpha value is -0.740. The van der Waals surface area contributed by atoms with E-state index in [1.807, 2.05) is 12.1 Å². The van der Waals surface area contributed by atoms with Crippen LogP contribution in [0.3, 0.4) is 0 Å². The fourth-order valence-electron chi connectivity index (χ4n) is 2.02. The van der Waals surface area contributed by atoms with E-state index in [-0.39, 0.29) is 18.8 Å². The van der Waals surface area contributed by atoms with Crippen molar-refractivity contribution in [3.8, 4) is 5.75 Å². The van der Waals surface area contributed by atoms with Crippen molar-refractivity contribution >= 4 is 21.6 Å². The molecule has 88 valence electrons. The molecule has 0 saturated carbocycles. The smallest absolute Gasteiger partial charge is 0.143 e. The number of ether oxygens (including phenoxy) is 1. The molecule has 1 aromatic carbocycles. The molecule has 2 atom stereocenters. The summed E-state index contributed by atoms with van der Waals surface area (Å²) in [6.07, 6.45) is 0.727. The molecule has 0 fully saturated rings. The van der Waals surface area contributed by atoms with Gasteiger partial charge in [-0.05, 0) is 25.1 Å². The topological polar surface area (TPSA) is 32.7 Å². The normalized spacial score (nSPS) is 23.9. The summed E-state index contributed by atoms with van der Waals surface area (Å²) in [5, 5.41) is 9.01. The first-order valence-electron chi connectivity index (χ1n) is 5.43. The first-order valence-corrected chi connectivity index (χ1v) is 6.22. The Labute approximate surface area is 104 Å². The molecule has 1 aliphatic rings. The molecule has 0 aromatic heterocycles. The van der Waals surface area contributed by atoms with Gasteiger partial charge in [-0.25, -0.2) is 0 Å². The number of aliphatic hydroxyl groups is 1. The summed E-state index contributed by atoms with van der Waals surface area (Å²) in [4.78, 5) is 2.20. The minimum Gasteiger partial charge on any atom is -0.486 e. The van der Waals surface area contributed by atoms with Crippen LogP contribution in [0.25, 0.3) is 0 Å². The molecule has 16 heavy (non-hydrogen) atoms. The van der Waals surface area contributed by atoms with Crippen LogP contribution in [0.15, 0.2) is 22.7 Å². The maximum Gasteiger partial charge on any atom is 0.143 e. The van der Waals surface area contributed by atoms with E-state index < -0.39 is 0 Å². The summed E-state index contributed by atoms with van der Waals surface area (Å²) in [6, 6.07) is 6.26. The molecule has 4 heteroatoms. The van der Waals surface area contributed by atoms with Gasteiger partial charge in [-0.1, -0.05) is 15.9 Å². The highest BCUT2D eigenvalue weighted by Crippen LogP contribution is 2.37. The van der Waals surface area contributed by atoms with E-state index in [4.69, 9.17) is 9.84 Å². The van der Waals surface area contributed by atoms with Crippen LogP contribution < -0.4 is 9.64 Å². The van der Waals surface area contributed by atoms with Gasteiger partial charge in [0.25, 0.3) is 0 Å². The number of likely N-dealkylation sites (N-methyl/N-ethyl adjacent to an activating group) is 1. The van der Waals surface area contributed by atoms with E-state index in [2.05, 4.69) is 40.9 Å². The average molecular weight is 286 g/mol. The molecule has 0 radical (unpaired) electrons. The fourth-order valence-corrected chi connectivity index (χ4v) is 2.37. The van der Waals surface area contributed by atoms with E-state index in [0.717, 1.165) is 15.9 Å². The SMILES string of the molecule is CC1C(CCO)Oc2ccc(Br)cc2N1C. The van der Waals surface area contributed by atoms with Crippen molar-refractivity contribution in [1.29, 1.82) is 0 Å². The molecule has 0 spiro atoms. The minimum absolute atomic E-state index is 0.0590. The first kappa shape index (κ1) is 11.7. The molecule has 3 nitrogen and oxygen atoms in total. The van der Waals surface area contributed by atoms with Gasteiger partial charge in [-0.15, -0.1) is 0 Å². The quantitative estimate of drug-likeness (QED) is 0.906. The van der Waals surface area contributed by atoms with Crippen molar-refractivity contribution in [2.75, 3.05) is 18.6 Å². The molecule has 2 rings (SSSR count). The van der Waals surface area contributed by atoms with E-state index in [1.54, 1.807) is 0 Å². The van der Waals surface area contributed by atoms with Crippen LogP contribution in [0, 0.1) is 0 Å². The Balaban J connectivity index is 2.32. The van der Waals surface area contributed by atoms with E-state index in [0.29, 0.717) is 6.42 Å².